The van der Waals surface area contributed by atoms with Gasteiger partial charge < -0.3 is 14.2 Å². The number of rotatable bonds is 7. The van der Waals surface area contributed by atoms with Crippen molar-refractivity contribution >= 4 is 29.2 Å². The predicted octanol–water partition coefficient (Wildman–Crippen LogP) is 6.01. The summed E-state index contributed by atoms with van der Waals surface area (Å²) in [6.07, 6.45) is 1.72. The van der Waals surface area contributed by atoms with E-state index in [4.69, 9.17) is 25.8 Å². The number of carbonyl (C=O) groups excluding carboxylic acids is 1. The van der Waals surface area contributed by atoms with Crippen molar-refractivity contribution in [3.8, 4) is 23.3 Å². The maximum absolute atomic E-state index is 12.3. The number of hydrogen-bond donors (Lipinski definition) is 0. The second kappa shape index (κ2) is 10.5. The average molecular weight is 448 g/mol. The number of hydrogen-bond acceptors (Lipinski definition) is 5. The summed E-state index contributed by atoms with van der Waals surface area (Å²) in [6.45, 7) is 3.63. The summed E-state index contributed by atoms with van der Waals surface area (Å²) in [5.74, 6) is 0.725. The van der Waals surface area contributed by atoms with Crippen LogP contribution >= 0.6 is 11.6 Å². The van der Waals surface area contributed by atoms with Gasteiger partial charge in [-0.15, -0.1) is 0 Å². The second-order valence-electron chi connectivity index (χ2n) is 7.12. The van der Waals surface area contributed by atoms with Crippen molar-refractivity contribution in [1.82, 2.24) is 0 Å². The third-order valence-electron chi connectivity index (χ3n) is 4.69. The molecule has 0 radical (unpaired) electrons. The minimum Gasteiger partial charge on any atom is -0.493 e. The molecular weight excluding hydrogens is 426 g/mol. The molecule has 0 unspecified atom stereocenters. The first-order valence-corrected chi connectivity index (χ1v) is 10.2. The standard InChI is InChI=1S/C26H22ClNO4/c1-17-4-5-18(2)24(12-17)31-16-26(29)32-23-11-6-19(14-25(23)30-3)13-21(15-28)20-7-9-22(27)10-8-20/h4-14H,16H2,1-3H3. The number of ether oxygens (including phenoxy) is 3. The molecule has 0 N–H and O–H groups in total. The molecule has 0 spiro atoms. The molecule has 0 saturated carbocycles. The Balaban J connectivity index is 1.73. The van der Waals surface area contributed by atoms with Crippen molar-refractivity contribution in [3.05, 3.63) is 87.9 Å². The molecule has 5 nitrogen and oxygen atoms in total. The summed E-state index contributed by atoms with van der Waals surface area (Å²) in [5, 5.41) is 10.1. The molecule has 0 bridgehead atoms. The number of methoxy groups -OCH3 is 1. The van der Waals surface area contributed by atoms with Crippen molar-refractivity contribution in [2.24, 2.45) is 0 Å². The van der Waals surface area contributed by atoms with E-state index in [1.54, 1.807) is 48.5 Å². The molecule has 0 fully saturated rings. The van der Waals surface area contributed by atoms with E-state index in [0.29, 0.717) is 22.1 Å². The van der Waals surface area contributed by atoms with Crippen LogP contribution in [0.2, 0.25) is 5.02 Å². The Kier molecular flexibility index (Phi) is 7.54. The number of carbonyl (C=O) groups is 1. The average Bonchev–Trinajstić information content (AvgIpc) is 2.79. The highest BCUT2D eigenvalue weighted by atomic mass is 35.5. The van der Waals surface area contributed by atoms with Crippen molar-refractivity contribution in [2.75, 3.05) is 13.7 Å². The second-order valence-corrected chi connectivity index (χ2v) is 7.56. The summed E-state index contributed by atoms with van der Waals surface area (Å²) in [4.78, 5) is 12.3. The van der Waals surface area contributed by atoms with E-state index in [-0.39, 0.29) is 12.4 Å². The lowest BCUT2D eigenvalue weighted by Gasteiger charge is -2.12. The number of allylic oxidation sites excluding steroid dienone is 1. The highest BCUT2D eigenvalue weighted by molar-refractivity contribution is 6.30. The molecule has 0 aliphatic heterocycles. The van der Waals surface area contributed by atoms with E-state index in [1.807, 2.05) is 32.0 Å². The molecule has 0 atom stereocenters. The minimum atomic E-state index is -0.550. The van der Waals surface area contributed by atoms with Gasteiger partial charge in [-0.3, -0.25) is 0 Å². The Morgan fingerprint density at radius 1 is 1.00 bits per heavy atom. The van der Waals surface area contributed by atoms with Gasteiger partial charge in [0.05, 0.1) is 18.8 Å². The normalized spacial score (nSPS) is 10.9. The highest BCUT2D eigenvalue weighted by Crippen LogP contribution is 2.30. The molecule has 3 aromatic carbocycles. The van der Waals surface area contributed by atoms with E-state index >= 15 is 0 Å². The number of aryl methyl sites for hydroxylation is 2. The number of nitriles is 1. The van der Waals surface area contributed by atoms with Crippen LogP contribution in [-0.4, -0.2) is 19.7 Å². The molecule has 0 aliphatic carbocycles. The Hall–Kier alpha value is -3.75. The first-order chi connectivity index (χ1) is 15.4. The Labute approximate surface area is 192 Å². The van der Waals surface area contributed by atoms with Crippen LogP contribution in [0, 0.1) is 25.2 Å². The number of halogens is 1. The van der Waals surface area contributed by atoms with Crippen molar-refractivity contribution in [2.45, 2.75) is 13.8 Å². The van der Waals surface area contributed by atoms with E-state index in [0.717, 1.165) is 22.3 Å². The van der Waals surface area contributed by atoms with Crippen LogP contribution in [0.3, 0.4) is 0 Å². The van der Waals surface area contributed by atoms with Gasteiger partial charge in [0.15, 0.2) is 18.1 Å². The van der Waals surface area contributed by atoms with Crippen LogP contribution in [-0.2, 0) is 4.79 Å². The van der Waals surface area contributed by atoms with Crippen molar-refractivity contribution in [3.63, 3.8) is 0 Å². The maximum atomic E-state index is 12.3. The van der Waals surface area contributed by atoms with Gasteiger partial charge in [-0.25, -0.2) is 4.79 Å². The fraction of sp³-hybridized carbons (Fsp3) is 0.154. The van der Waals surface area contributed by atoms with Crippen molar-refractivity contribution < 1.29 is 19.0 Å². The summed E-state index contributed by atoms with van der Waals surface area (Å²) < 4.78 is 16.4. The zero-order chi connectivity index (χ0) is 23.1. The van der Waals surface area contributed by atoms with E-state index in [1.165, 1.54) is 7.11 Å². The van der Waals surface area contributed by atoms with Gasteiger partial charge in [0.2, 0.25) is 0 Å². The van der Waals surface area contributed by atoms with Crippen LogP contribution in [0.4, 0.5) is 0 Å². The van der Waals surface area contributed by atoms with Crippen LogP contribution in [0.5, 0.6) is 17.2 Å². The van der Waals surface area contributed by atoms with Crippen LogP contribution < -0.4 is 14.2 Å². The summed E-state index contributed by atoms with van der Waals surface area (Å²) in [5.41, 5.74) is 3.91. The van der Waals surface area contributed by atoms with E-state index in [9.17, 15) is 10.1 Å². The van der Waals surface area contributed by atoms with Gasteiger partial charge in [0.1, 0.15) is 5.75 Å². The molecule has 162 valence electrons. The third-order valence-corrected chi connectivity index (χ3v) is 4.94. The fourth-order valence-electron chi connectivity index (χ4n) is 2.99. The first-order valence-electron chi connectivity index (χ1n) is 9.86. The van der Waals surface area contributed by atoms with Gasteiger partial charge in [0.25, 0.3) is 0 Å². The minimum absolute atomic E-state index is 0.232. The Morgan fingerprint density at radius 3 is 2.44 bits per heavy atom. The molecule has 0 aromatic heterocycles. The van der Waals surface area contributed by atoms with Crippen LogP contribution in [0.1, 0.15) is 22.3 Å². The largest absolute Gasteiger partial charge is 0.493 e. The van der Waals surface area contributed by atoms with Gasteiger partial charge in [-0.1, -0.05) is 41.9 Å². The molecule has 3 aromatic rings. The number of benzene rings is 3. The molecular formula is C26H22ClNO4. The van der Waals surface area contributed by atoms with Gasteiger partial charge in [-0.2, -0.15) is 5.26 Å². The first kappa shape index (κ1) is 22.9. The summed E-state index contributed by atoms with van der Waals surface area (Å²) in [6, 6.07) is 20.0. The molecule has 6 heteroatoms. The molecule has 32 heavy (non-hydrogen) atoms. The smallest absolute Gasteiger partial charge is 0.349 e. The summed E-state index contributed by atoms with van der Waals surface area (Å²) >= 11 is 5.92. The van der Waals surface area contributed by atoms with Crippen LogP contribution in [0.25, 0.3) is 11.6 Å². The molecule has 0 saturated heterocycles. The van der Waals surface area contributed by atoms with E-state index in [2.05, 4.69) is 6.07 Å². The van der Waals surface area contributed by atoms with Crippen LogP contribution in [0.15, 0.2) is 60.7 Å². The fourth-order valence-corrected chi connectivity index (χ4v) is 3.11. The lowest BCUT2D eigenvalue weighted by atomic mass is 10.0. The molecule has 0 aliphatic rings. The SMILES string of the molecule is COc1cc(C=C(C#N)c2ccc(Cl)cc2)ccc1OC(=O)COc1cc(C)ccc1C. The van der Waals surface area contributed by atoms with Gasteiger partial charge in [0, 0.05) is 5.02 Å². The third kappa shape index (κ3) is 5.90. The molecule has 0 amide bonds. The molecule has 0 heterocycles. The highest BCUT2D eigenvalue weighted by Gasteiger charge is 2.13. The topological polar surface area (TPSA) is 68.5 Å². The summed E-state index contributed by atoms with van der Waals surface area (Å²) in [7, 11) is 1.48. The van der Waals surface area contributed by atoms with E-state index < -0.39 is 5.97 Å². The van der Waals surface area contributed by atoms with Gasteiger partial charge in [-0.05, 0) is 72.5 Å². The molecule has 3 rings (SSSR count). The monoisotopic (exact) mass is 447 g/mol. The maximum Gasteiger partial charge on any atom is 0.349 e. The lowest BCUT2D eigenvalue weighted by molar-refractivity contribution is -0.136. The predicted molar refractivity (Wildman–Crippen MR) is 125 cm³/mol. The zero-order valence-electron chi connectivity index (χ0n) is 18.0. The Morgan fingerprint density at radius 2 is 1.75 bits per heavy atom. The Bertz CT molecular complexity index is 1190. The van der Waals surface area contributed by atoms with Crippen molar-refractivity contribution in [1.29, 1.82) is 5.26 Å². The zero-order valence-corrected chi connectivity index (χ0v) is 18.8. The quantitative estimate of drug-likeness (QED) is 0.192. The number of esters is 1. The van der Waals surface area contributed by atoms with Gasteiger partial charge >= 0.3 is 5.97 Å². The lowest BCUT2D eigenvalue weighted by Crippen LogP contribution is -2.18. The number of nitrogens with zero attached hydrogens (tertiary/aromatic N) is 1.